The molecule has 0 radical (unpaired) electrons. The number of hydrogen-bond acceptors (Lipinski definition) is 4. The maximum Gasteiger partial charge on any atom is 0.223 e. The van der Waals surface area contributed by atoms with Crippen LogP contribution < -0.4 is 0 Å². The summed E-state index contributed by atoms with van der Waals surface area (Å²) >= 11 is 0. The minimum atomic E-state index is 0.353. The number of methoxy groups -OCH3 is 1. The monoisotopic (exact) mass is 283 g/mol. The van der Waals surface area contributed by atoms with Crippen molar-refractivity contribution in [2.45, 2.75) is 25.7 Å². The molecule has 0 saturated carbocycles. The van der Waals surface area contributed by atoms with E-state index in [4.69, 9.17) is 4.74 Å². The van der Waals surface area contributed by atoms with Gasteiger partial charge in [-0.05, 0) is 19.3 Å². The van der Waals surface area contributed by atoms with Crippen LogP contribution in [0.2, 0.25) is 0 Å². The third kappa shape index (κ3) is 5.04. The van der Waals surface area contributed by atoms with Crippen LogP contribution in [0.15, 0.2) is 0 Å². The summed E-state index contributed by atoms with van der Waals surface area (Å²) in [5.41, 5.74) is 0. The molecule has 2 aliphatic rings. The summed E-state index contributed by atoms with van der Waals surface area (Å²) in [6.45, 7) is 9.07. The van der Waals surface area contributed by atoms with E-state index < -0.39 is 0 Å². The van der Waals surface area contributed by atoms with Crippen LogP contribution in [-0.2, 0) is 9.53 Å². The fourth-order valence-electron chi connectivity index (χ4n) is 3.01. The van der Waals surface area contributed by atoms with Gasteiger partial charge in [0, 0.05) is 65.9 Å². The number of ether oxygens (including phenoxy) is 1. The van der Waals surface area contributed by atoms with Crippen molar-refractivity contribution in [2.75, 3.05) is 66.1 Å². The molecule has 0 aromatic carbocycles. The Bertz CT molecular complexity index is 285. The van der Waals surface area contributed by atoms with Gasteiger partial charge in [0.05, 0.1) is 6.61 Å². The lowest BCUT2D eigenvalue weighted by Crippen LogP contribution is -2.48. The largest absolute Gasteiger partial charge is 0.383 e. The molecule has 0 spiro atoms. The smallest absolute Gasteiger partial charge is 0.223 e. The maximum atomic E-state index is 12.1. The second kappa shape index (κ2) is 8.60. The Morgan fingerprint density at radius 3 is 2.10 bits per heavy atom. The number of rotatable bonds is 6. The average Bonchev–Trinajstić information content (AvgIpc) is 2.52. The number of amides is 1. The molecule has 2 rings (SSSR count). The van der Waals surface area contributed by atoms with Gasteiger partial charge in [0.1, 0.15) is 0 Å². The molecule has 5 heteroatoms. The molecule has 2 saturated heterocycles. The SMILES string of the molecule is COCCN1CCN(CCC(=O)N2CCCCC2)CC1. The third-order valence-corrected chi connectivity index (χ3v) is 4.43. The topological polar surface area (TPSA) is 36.0 Å². The molecular weight excluding hydrogens is 254 g/mol. The Hall–Kier alpha value is -0.650. The zero-order valence-electron chi connectivity index (χ0n) is 12.9. The van der Waals surface area contributed by atoms with Gasteiger partial charge in [-0.15, -0.1) is 0 Å². The Morgan fingerprint density at radius 2 is 1.50 bits per heavy atom. The van der Waals surface area contributed by atoms with E-state index in [0.29, 0.717) is 12.3 Å². The second-order valence-electron chi connectivity index (χ2n) is 5.87. The predicted octanol–water partition coefficient (Wildman–Crippen LogP) is 0.653. The summed E-state index contributed by atoms with van der Waals surface area (Å²) in [7, 11) is 1.75. The quantitative estimate of drug-likeness (QED) is 0.717. The normalized spacial score (nSPS) is 22.1. The number of nitrogens with zero attached hydrogens (tertiary/aromatic N) is 3. The van der Waals surface area contributed by atoms with Gasteiger partial charge in [0.25, 0.3) is 0 Å². The van der Waals surface area contributed by atoms with Gasteiger partial charge in [-0.25, -0.2) is 0 Å². The van der Waals surface area contributed by atoms with E-state index in [1.165, 1.54) is 19.3 Å². The molecule has 2 aliphatic heterocycles. The zero-order valence-corrected chi connectivity index (χ0v) is 12.9. The van der Waals surface area contributed by atoms with Crippen LogP contribution in [0.1, 0.15) is 25.7 Å². The molecule has 116 valence electrons. The van der Waals surface area contributed by atoms with E-state index in [9.17, 15) is 4.79 Å². The highest BCUT2D eigenvalue weighted by molar-refractivity contribution is 5.76. The van der Waals surface area contributed by atoms with Crippen LogP contribution in [0, 0.1) is 0 Å². The van der Waals surface area contributed by atoms with Crippen molar-refractivity contribution in [2.24, 2.45) is 0 Å². The standard InChI is InChI=1S/C15H29N3O2/c1-20-14-13-17-11-9-16(10-12-17)8-5-15(19)18-6-3-2-4-7-18/h2-14H2,1H3. The Morgan fingerprint density at radius 1 is 0.900 bits per heavy atom. The number of piperidine rings is 1. The number of carbonyl (C=O) groups is 1. The predicted molar refractivity (Wildman–Crippen MR) is 79.8 cm³/mol. The first-order chi connectivity index (χ1) is 9.79. The van der Waals surface area contributed by atoms with Crippen molar-refractivity contribution in [3.63, 3.8) is 0 Å². The number of carbonyl (C=O) groups excluding carboxylic acids is 1. The number of likely N-dealkylation sites (tertiary alicyclic amines) is 1. The maximum absolute atomic E-state index is 12.1. The van der Waals surface area contributed by atoms with Crippen LogP contribution in [0.4, 0.5) is 0 Å². The van der Waals surface area contributed by atoms with Gasteiger partial charge in [-0.1, -0.05) is 0 Å². The van der Waals surface area contributed by atoms with Gasteiger partial charge in [-0.2, -0.15) is 0 Å². The molecule has 2 fully saturated rings. The van der Waals surface area contributed by atoms with E-state index in [2.05, 4.69) is 14.7 Å². The van der Waals surface area contributed by atoms with Gasteiger partial charge in [0.2, 0.25) is 5.91 Å². The first-order valence-electron chi connectivity index (χ1n) is 8.01. The molecule has 1 amide bonds. The zero-order chi connectivity index (χ0) is 14.2. The van der Waals surface area contributed by atoms with E-state index in [1.54, 1.807) is 7.11 Å². The molecule has 0 bridgehead atoms. The van der Waals surface area contributed by atoms with Crippen molar-refractivity contribution in [1.82, 2.24) is 14.7 Å². The minimum absolute atomic E-state index is 0.353. The molecule has 20 heavy (non-hydrogen) atoms. The van der Waals surface area contributed by atoms with Crippen LogP contribution in [0.3, 0.4) is 0 Å². The lowest BCUT2D eigenvalue weighted by atomic mass is 10.1. The van der Waals surface area contributed by atoms with Crippen molar-refractivity contribution in [3.8, 4) is 0 Å². The van der Waals surface area contributed by atoms with Crippen LogP contribution in [0.5, 0.6) is 0 Å². The Balaban J connectivity index is 1.59. The Labute approximate surface area is 122 Å². The lowest BCUT2D eigenvalue weighted by molar-refractivity contribution is -0.132. The molecule has 0 aliphatic carbocycles. The molecular formula is C15H29N3O2. The Kier molecular flexibility index (Phi) is 6.76. The molecule has 0 aromatic rings. The molecule has 0 N–H and O–H groups in total. The van der Waals surface area contributed by atoms with Gasteiger partial charge < -0.3 is 14.5 Å². The highest BCUT2D eigenvalue weighted by Gasteiger charge is 2.20. The first kappa shape index (κ1) is 15.7. The number of hydrogen-bond donors (Lipinski definition) is 0. The van der Waals surface area contributed by atoms with Gasteiger partial charge in [0.15, 0.2) is 0 Å². The van der Waals surface area contributed by atoms with E-state index in [1.807, 2.05) is 0 Å². The fourth-order valence-corrected chi connectivity index (χ4v) is 3.01. The molecule has 2 heterocycles. The number of piperazine rings is 1. The summed E-state index contributed by atoms with van der Waals surface area (Å²) in [6, 6.07) is 0. The van der Waals surface area contributed by atoms with E-state index in [-0.39, 0.29) is 0 Å². The first-order valence-corrected chi connectivity index (χ1v) is 8.01. The molecule has 5 nitrogen and oxygen atoms in total. The summed E-state index contributed by atoms with van der Waals surface area (Å²) in [4.78, 5) is 19.0. The van der Waals surface area contributed by atoms with Gasteiger partial charge >= 0.3 is 0 Å². The van der Waals surface area contributed by atoms with Crippen LogP contribution in [-0.4, -0.2) is 86.7 Å². The highest BCUT2D eigenvalue weighted by atomic mass is 16.5. The molecule has 0 unspecified atom stereocenters. The van der Waals surface area contributed by atoms with E-state index >= 15 is 0 Å². The van der Waals surface area contributed by atoms with Crippen LogP contribution in [0.25, 0.3) is 0 Å². The third-order valence-electron chi connectivity index (χ3n) is 4.43. The molecule has 0 atom stereocenters. The average molecular weight is 283 g/mol. The van der Waals surface area contributed by atoms with Crippen molar-refractivity contribution >= 4 is 5.91 Å². The summed E-state index contributed by atoms with van der Waals surface area (Å²) in [5, 5.41) is 0. The fraction of sp³-hybridized carbons (Fsp3) is 0.933. The van der Waals surface area contributed by atoms with Crippen molar-refractivity contribution < 1.29 is 9.53 Å². The van der Waals surface area contributed by atoms with Crippen molar-refractivity contribution in [3.05, 3.63) is 0 Å². The summed E-state index contributed by atoms with van der Waals surface area (Å²) in [5.74, 6) is 0.353. The minimum Gasteiger partial charge on any atom is -0.383 e. The van der Waals surface area contributed by atoms with Crippen LogP contribution >= 0.6 is 0 Å². The lowest BCUT2D eigenvalue weighted by Gasteiger charge is -2.35. The summed E-state index contributed by atoms with van der Waals surface area (Å²) in [6.07, 6.45) is 4.35. The van der Waals surface area contributed by atoms with Crippen molar-refractivity contribution in [1.29, 1.82) is 0 Å². The molecule has 0 aromatic heterocycles. The van der Waals surface area contributed by atoms with E-state index in [0.717, 1.165) is 59.0 Å². The van der Waals surface area contributed by atoms with Gasteiger partial charge in [-0.3, -0.25) is 9.69 Å². The highest BCUT2D eigenvalue weighted by Crippen LogP contribution is 2.10. The second-order valence-corrected chi connectivity index (χ2v) is 5.87. The summed E-state index contributed by atoms with van der Waals surface area (Å²) < 4.78 is 5.11.